The lowest BCUT2D eigenvalue weighted by molar-refractivity contribution is -0.143. The number of aliphatic hydroxyl groups is 1. The van der Waals surface area contributed by atoms with E-state index in [1.54, 1.807) is 60.7 Å². The zero-order valence-electron chi connectivity index (χ0n) is 22.0. The van der Waals surface area contributed by atoms with Gasteiger partial charge in [0.15, 0.2) is 5.60 Å². The van der Waals surface area contributed by atoms with Crippen molar-refractivity contribution in [3.8, 4) is 0 Å². The number of imide groups is 1. The first-order valence-electron chi connectivity index (χ1n) is 13.7. The molecule has 0 unspecified atom stereocenters. The predicted molar refractivity (Wildman–Crippen MR) is 149 cm³/mol. The molecule has 5 rings (SSSR count). The molecule has 2 N–H and O–H groups in total. The maximum atomic E-state index is 13.5. The van der Waals surface area contributed by atoms with Crippen molar-refractivity contribution >= 4 is 17.7 Å². The molecule has 2 fully saturated rings. The third kappa shape index (κ3) is 5.79. The Morgan fingerprint density at radius 3 is 1.87 bits per heavy atom. The SMILES string of the molecule is O=C(NC(=O)C(O)(c1ccccc1)c1ccccc1)[C@@H]1CCCN1CC(=O)N1CCC(c2ccccc2)CC1. The Morgan fingerprint density at radius 1 is 0.769 bits per heavy atom. The Labute approximate surface area is 229 Å². The van der Waals surface area contributed by atoms with Crippen LogP contribution in [0.2, 0.25) is 0 Å². The third-order valence-electron chi connectivity index (χ3n) is 8.07. The van der Waals surface area contributed by atoms with Gasteiger partial charge in [-0.15, -0.1) is 0 Å². The summed E-state index contributed by atoms with van der Waals surface area (Å²) in [5.74, 6) is -0.818. The molecule has 2 aliphatic heterocycles. The number of amides is 3. The lowest BCUT2D eigenvalue weighted by atomic mass is 9.85. The van der Waals surface area contributed by atoms with Gasteiger partial charge in [-0.2, -0.15) is 0 Å². The first kappa shape index (κ1) is 26.8. The number of rotatable bonds is 7. The van der Waals surface area contributed by atoms with E-state index in [9.17, 15) is 19.5 Å². The molecular formula is C32H35N3O4. The Bertz CT molecular complexity index is 1240. The summed E-state index contributed by atoms with van der Waals surface area (Å²) in [4.78, 5) is 43.7. The zero-order valence-corrected chi connectivity index (χ0v) is 22.0. The van der Waals surface area contributed by atoms with Crippen LogP contribution >= 0.6 is 0 Å². The predicted octanol–water partition coefficient (Wildman–Crippen LogP) is 3.44. The minimum Gasteiger partial charge on any atom is -0.372 e. The summed E-state index contributed by atoms with van der Waals surface area (Å²) in [6.07, 6.45) is 3.16. The molecule has 0 aromatic heterocycles. The monoisotopic (exact) mass is 525 g/mol. The van der Waals surface area contributed by atoms with Crippen LogP contribution in [0.5, 0.6) is 0 Å². The van der Waals surface area contributed by atoms with Gasteiger partial charge in [-0.1, -0.05) is 91.0 Å². The number of hydrogen-bond donors (Lipinski definition) is 2. The summed E-state index contributed by atoms with van der Waals surface area (Å²) >= 11 is 0. The van der Waals surface area contributed by atoms with Crippen LogP contribution in [-0.2, 0) is 20.0 Å². The van der Waals surface area contributed by atoms with Crippen LogP contribution < -0.4 is 5.32 Å². The lowest BCUT2D eigenvalue weighted by Crippen LogP contribution is -2.54. The molecule has 0 aliphatic carbocycles. The number of nitrogens with zero attached hydrogens (tertiary/aromatic N) is 2. The highest BCUT2D eigenvalue weighted by Gasteiger charge is 2.42. The van der Waals surface area contributed by atoms with Crippen molar-refractivity contribution in [2.45, 2.75) is 43.2 Å². The fraction of sp³-hybridized carbons (Fsp3) is 0.344. The summed E-state index contributed by atoms with van der Waals surface area (Å²) in [5, 5.41) is 14.1. The summed E-state index contributed by atoms with van der Waals surface area (Å²) < 4.78 is 0. The van der Waals surface area contributed by atoms with Crippen LogP contribution in [0.15, 0.2) is 91.0 Å². The third-order valence-corrected chi connectivity index (χ3v) is 8.07. The molecule has 2 saturated heterocycles. The quantitative estimate of drug-likeness (QED) is 0.493. The Morgan fingerprint density at radius 2 is 1.31 bits per heavy atom. The highest BCUT2D eigenvalue weighted by Crippen LogP contribution is 2.31. The topological polar surface area (TPSA) is 90.0 Å². The van der Waals surface area contributed by atoms with Crippen molar-refractivity contribution in [2.75, 3.05) is 26.2 Å². The van der Waals surface area contributed by atoms with Gasteiger partial charge in [0, 0.05) is 13.1 Å². The van der Waals surface area contributed by atoms with Gasteiger partial charge in [0.05, 0.1) is 12.6 Å². The second-order valence-corrected chi connectivity index (χ2v) is 10.5. The van der Waals surface area contributed by atoms with Gasteiger partial charge in [-0.25, -0.2) is 0 Å². The maximum Gasteiger partial charge on any atom is 0.267 e. The highest BCUT2D eigenvalue weighted by molar-refractivity contribution is 6.03. The molecule has 3 aromatic carbocycles. The van der Waals surface area contributed by atoms with Crippen molar-refractivity contribution < 1.29 is 19.5 Å². The van der Waals surface area contributed by atoms with E-state index in [-0.39, 0.29) is 12.5 Å². The smallest absolute Gasteiger partial charge is 0.267 e. The van der Waals surface area contributed by atoms with Gasteiger partial charge in [0.1, 0.15) is 0 Å². The van der Waals surface area contributed by atoms with Gasteiger partial charge >= 0.3 is 0 Å². The summed E-state index contributed by atoms with van der Waals surface area (Å²) in [7, 11) is 0. The van der Waals surface area contributed by atoms with Crippen molar-refractivity contribution in [1.29, 1.82) is 0 Å². The molecule has 7 heteroatoms. The summed E-state index contributed by atoms with van der Waals surface area (Å²) in [6.45, 7) is 2.15. The van der Waals surface area contributed by atoms with Crippen LogP contribution in [0.25, 0.3) is 0 Å². The largest absolute Gasteiger partial charge is 0.372 e. The van der Waals surface area contributed by atoms with Crippen molar-refractivity contribution in [3.63, 3.8) is 0 Å². The van der Waals surface area contributed by atoms with Crippen molar-refractivity contribution in [3.05, 3.63) is 108 Å². The standard InChI is InChI=1S/C32H35N3O4/c36-29(34-21-18-25(19-22-34)24-11-4-1-5-12-24)23-35-20-10-17-28(35)30(37)33-31(38)32(39,26-13-6-2-7-14-26)27-15-8-3-9-16-27/h1-9,11-16,25,28,39H,10,17-23H2,(H,33,37,38)/t28-/m0/s1. The minimum absolute atomic E-state index is 0.0117. The molecule has 0 radical (unpaired) electrons. The van der Waals surface area contributed by atoms with Crippen LogP contribution in [0.4, 0.5) is 0 Å². The molecule has 2 aliphatic rings. The Kier molecular flexibility index (Phi) is 8.19. The second kappa shape index (κ2) is 11.9. The van der Waals surface area contributed by atoms with E-state index in [0.29, 0.717) is 43.1 Å². The summed E-state index contributed by atoms with van der Waals surface area (Å²) in [5.41, 5.74) is 0.0368. The van der Waals surface area contributed by atoms with Crippen LogP contribution in [0, 0.1) is 0 Å². The number of hydrogen-bond acceptors (Lipinski definition) is 5. The second-order valence-electron chi connectivity index (χ2n) is 10.5. The average Bonchev–Trinajstić information content (AvgIpc) is 3.46. The zero-order chi connectivity index (χ0) is 27.2. The fourth-order valence-electron chi connectivity index (χ4n) is 5.85. The number of carbonyl (C=O) groups excluding carboxylic acids is 3. The number of carbonyl (C=O) groups is 3. The highest BCUT2D eigenvalue weighted by atomic mass is 16.3. The minimum atomic E-state index is -2.03. The van der Waals surface area contributed by atoms with Gasteiger partial charge in [0.25, 0.3) is 5.91 Å². The maximum absolute atomic E-state index is 13.5. The van der Waals surface area contributed by atoms with Gasteiger partial charge in [0.2, 0.25) is 11.8 Å². The van der Waals surface area contributed by atoms with E-state index < -0.39 is 23.5 Å². The molecule has 3 amide bonds. The first-order valence-corrected chi connectivity index (χ1v) is 13.7. The average molecular weight is 526 g/mol. The van der Waals surface area contributed by atoms with E-state index in [1.165, 1.54) is 5.56 Å². The van der Waals surface area contributed by atoms with Crippen molar-refractivity contribution in [1.82, 2.24) is 15.1 Å². The molecule has 0 saturated carbocycles. The van der Waals surface area contributed by atoms with E-state index in [0.717, 1.165) is 19.3 Å². The van der Waals surface area contributed by atoms with Gasteiger partial charge < -0.3 is 10.0 Å². The first-order chi connectivity index (χ1) is 19.0. The molecule has 2 heterocycles. The molecule has 7 nitrogen and oxygen atoms in total. The fourth-order valence-corrected chi connectivity index (χ4v) is 5.85. The van der Waals surface area contributed by atoms with E-state index in [1.807, 2.05) is 15.9 Å². The normalized spacial score (nSPS) is 18.6. The van der Waals surface area contributed by atoms with E-state index >= 15 is 0 Å². The van der Waals surface area contributed by atoms with Gasteiger partial charge in [-0.05, 0) is 54.8 Å². The molecule has 202 valence electrons. The molecule has 0 spiro atoms. The molecule has 0 bridgehead atoms. The van der Waals surface area contributed by atoms with E-state index in [2.05, 4.69) is 29.6 Å². The van der Waals surface area contributed by atoms with Gasteiger partial charge in [-0.3, -0.25) is 24.6 Å². The van der Waals surface area contributed by atoms with Crippen LogP contribution in [0.3, 0.4) is 0 Å². The van der Waals surface area contributed by atoms with E-state index in [4.69, 9.17) is 0 Å². The van der Waals surface area contributed by atoms with Crippen LogP contribution in [-0.4, -0.2) is 64.8 Å². The Hall–Kier alpha value is -3.81. The molecule has 39 heavy (non-hydrogen) atoms. The molecular weight excluding hydrogens is 490 g/mol. The number of benzene rings is 3. The Balaban J connectivity index is 1.22. The lowest BCUT2D eigenvalue weighted by Gasteiger charge is -2.34. The number of nitrogens with one attached hydrogen (secondary N) is 1. The number of piperidine rings is 1. The molecule has 3 aromatic rings. The summed E-state index contributed by atoms with van der Waals surface area (Å²) in [6, 6.07) is 27.0. The van der Waals surface area contributed by atoms with Crippen molar-refractivity contribution in [2.24, 2.45) is 0 Å². The number of likely N-dealkylation sites (tertiary alicyclic amines) is 2. The molecule has 1 atom stereocenters. The van der Waals surface area contributed by atoms with Crippen LogP contribution in [0.1, 0.15) is 48.3 Å².